The van der Waals surface area contributed by atoms with E-state index < -0.39 is 10.0 Å². The summed E-state index contributed by atoms with van der Waals surface area (Å²) in [4.78, 5) is 2.42. The summed E-state index contributed by atoms with van der Waals surface area (Å²) in [5, 5.41) is 0. The molecule has 20 heavy (non-hydrogen) atoms. The second-order valence-electron chi connectivity index (χ2n) is 5.33. The Kier molecular flexibility index (Phi) is 4.67. The highest BCUT2D eigenvalue weighted by atomic mass is 32.2. The van der Waals surface area contributed by atoms with Crippen molar-refractivity contribution < 1.29 is 13.2 Å². The van der Waals surface area contributed by atoms with E-state index in [9.17, 15) is 8.42 Å². The zero-order chi connectivity index (χ0) is 14.8. The van der Waals surface area contributed by atoms with E-state index in [0.29, 0.717) is 18.3 Å². The van der Waals surface area contributed by atoms with Crippen molar-refractivity contribution in [2.45, 2.75) is 24.8 Å². The fraction of sp³-hybridized carbons (Fsp3) is 0.571. The first-order valence-corrected chi connectivity index (χ1v) is 8.34. The fourth-order valence-corrected chi connectivity index (χ4v) is 3.85. The highest BCUT2D eigenvalue weighted by Gasteiger charge is 2.31. The lowest BCUT2D eigenvalue weighted by Gasteiger charge is -2.16. The molecule has 1 N–H and O–H groups in total. The van der Waals surface area contributed by atoms with E-state index in [1.807, 2.05) is 14.0 Å². The van der Waals surface area contributed by atoms with Crippen LogP contribution in [-0.4, -0.2) is 46.1 Å². The van der Waals surface area contributed by atoms with Gasteiger partial charge in [0, 0.05) is 19.1 Å². The Balaban J connectivity index is 2.10. The molecular formula is C14H22N2O3S. The molecule has 0 bridgehead atoms. The summed E-state index contributed by atoms with van der Waals surface area (Å²) in [5.74, 6) is 0.998. The maximum absolute atomic E-state index is 12.3. The van der Waals surface area contributed by atoms with Gasteiger partial charge in [0.1, 0.15) is 5.75 Å². The molecule has 0 aromatic heterocycles. The van der Waals surface area contributed by atoms with Gasteiger partial charge in [0.05, 0.1) is 11.5 Å². The first kappa shape index (κ1) is 15.3. The Bertz CT molecular complexity index is 542. The molecule has 1 aliphatic rings. The van der Waals surface area contributed by atoms with Gasteiger partial charge in [-0.25, -0.2) is 13.1 Å². The lowest BCUT2D eigenvalue weighted by atomic mass is 10.1. The molecule has 6 heteroatoms. The Morgan fingerprint density at radius 1 is 1.30 bits per heavy atom. The minimum Gasteiger partial charge on any atom is -0.494 e. The van der Waals surface area contributed by atoms with E-state index in [2.05, 4.69) is 16.5 Å². The van der Waals surface area contributed by atoms with Gasteiger partial charge in [-0.15, -0.1) is 0 Å². The van der Waals surface area contributed by atoms with Crippen LogP contribution in [0, 0.1) is 5.92 Å². The molecule has 1 heterocycles. The predicted molar refractivity (Wildman–Crippen MR) is 78.4 cm³/mol. The summed E-state index contributed by atoms with van der Waals surface area (Å²) in [7, 11) is -1.46. The molecule has 2 rings (SSSR count). The van der Waals surface area contributed by atoms with Crippen molar-refractivity contribution in [1.29, 1.82) is 0 Å². The van der Waals surface area contributed by atoms with Gasteiger partial charge in [-0.3, -0.25) is 0 Å². The molecule has 2 atom stereocenters. The van der Waals surface area contributed by atoms with Crippen molar-refractivity contribution in [2.75, 3.05) is 26.7 Å². The number of likely N-dealkylation sites (tertiary alicyclic amines) is 1. The maximum Gasteiger partial charge on any atom is 0.240 e. The Morgan fingerprint density at radius 3 is 2.45 bits per heavy atom. The minimum atomic E-state index is -3.46. The minimum absolute atomic E-state index is 0.0310. The molecule has 1 aromatic carbocycles. The van der Waals surface area contributed by atoms with E-state index >= 15 is 0 Å². The Hall–Kier alpha value is -1.11. The number of sulfonamides is 1. The molecule has 5 nitrogen and oxygen atoms in total. The number of likely N-dealkylation sites (N-methyl/N-ethyl adjacent to an activating group) is 1. The smallest absolute Gasteiger partial charge is 0.240 e. The maximum atomic E-state index is 12.3. The predicted octanol–water partition coefficient (Wildman–Crippen LogP) is 1.31. The molecule has 0 radical (unpaired) electrons. The molecule has 1 fully saturated rings. The van der Waals surface area contributed by atoms with Gasteiger partial charge in [-0.05, 0) is 44.2 Å². The van der Waals surface area contributed by atoms with Crippen molar-refractivity contribution in [3.63, 3.8) is 0 Å². The Morgan fingerprint density at radius 2 is 1.95 bits per heavy atom. The number of hydrogen-bond donors (Lipinski definition) is 1. The van der Waals surface area contributed by atoms with Gasteiger partial charge in [0.25, 0.3) is 0 Å². The van der Waals surface area contributed by atoms with E-state index in [0.717, 1.165) is 13.1 Å². The monoisotopic (exact) mass is 298 g/mol. The zero-order valence-corrected chi connectivity index (χ0v) is 13.0. The summed E-state index contributed by atoms with van der Waals surface area (Å²) < 4.78 is 32.8. The molecular weight excluding hydrogens is 276 g/mol. The van der Waals surface area contributed by atoms with Gasteiger partial charge in [0.15, 0.2) is 0 Å². The summed E-state index contributed by atoms with van der Waals surface area (Å²) >= 11 is 0. The van der Waals surface area contributed by atoms with Crippen LogP contribution >= 0.6 is 0 Å². The van der Waals surface area contributed by atoms with Crippen molar-refractivity contribution in [3.05, 3.63) is 24.3 Å². The van der Waals surface area contributed by atoms with E-state index in [-0.39, 0.29) is 10.9 Å². The average molecular weight is 298 g/mol. The van der Waals surface area contributed by atoms with Crippen LogP contribution in [0.3, 0.4) is 0 Å². The van der Waals surface area contributed by atoms with E-state index in [1.54, 1.807) is 24.3 Å². The van der Waals surface area contributed by atoms with Crippen LogP contribution in [0.15, 0.2) is 29.2 Å². The van der Waals surface area contributed by atoms with Crippen LogP contribution in [-0.2, 0) is 10.0 Å². The van der Waals surface area contributed by atoms with Crippen molar-refractivity contribution in [1.82, 2.24) is 9.62 Å². The molecule has 0 spiro atoms. The second-order valence-corrected chi connectivity index (χ2v) is 7.04. The number of hydrogen-bond acceptors (Lipinski definition) is 4. The van der Waals surface area contributed by atoms with Gasteiger partial charge in [0.2, 0.25) is 10.0 Å². The van der Waals surface area contributed by atoms with Crippen LogP contribution < -0.4 is 9.46 Å². The number of ether oxygens (including phenoxy) is 1. The molecule has 1 aromatic rings. The largest absolute Gasteiger partial charge is 0.494 e. The molecule has 0 aliphatic carbocycles. The van der Waals surface area contributed by atoms with E-state index in [4.69, 9.17) is 4.74 Å². The van der Waals surface area contributed by atoms with Crippen LogP contribution in [0.1, 0.15) is 13.8 Å². The molecule has 1 aliphatic heterocycles. The number of nitrogens with zero attached hydrogens (tertiary/aromatic N) is 1. The van der Waals surface area contributed by atoms with Gasteiger partial charge in [-0.2, -0.15) is 0 Å². The molecule has 0 unspecified atom stereocenters. The lowest BCUT2D eigenvalue weighted by molar-refractivity contribution is 0.340. The number of rotatable bonds is 5. The van der Waals surface area contributed by atoms with Crippen molar-refractivity contribution in [2.24, 2.45) is 5.92 Å². The molecule has 112 valence electrons. The summed E-state index contributed by atoms with van der Waals surface area (Å²) in [6, 6.07) is 6.49. The van der Waals surface area contributed by atoms with Crippen molar-refractivity contribution in [3.8, 4) is 5.75 Å². The quantitative estimate of drug-likeness (QED) is 0.890. The van der Waals surface area contributed by atoms with Crippen LogP contribution in [0.4, 0.5) is 0 Å². The zero-order valence-electron chi connectivity index (χ0n) is 12.2. The average Bonchev–Trinajstić information content (AvgIpc) is 2.68. The highest BCUT2D eigenvalue weighted by Crippen LogP contribution is 2.19. The summed E-state index contributed by atoms with van der Waals surface area (Å²) in [6.07, 6.45) is 0. The third-order valence-electron chi connectivity index (χ3n) is 3.55. The second kappa shape index (κ2) is 6.11. The first-order valence-electron chi connectivity index (χ1n) is 6.86. The van der Waals surface area contributed by atoms with Gasteiger partial charge >= 0.3 is 0 Å². The van der Waals surface area contributed by atoms with Gasteiger partial charge in [-0.1, -0.05) is 6.92 Å². The summed E-state index contributed by atoms with van der Waals surface area (Å²) in [6.45, 7) is 6.18. The first-order chi connectivity index (χ1) is 9.42. The van der Waals surface area contributed by atoms with Crippen molar-refractivity contribution >= 4 is 10.0 Å². The number of benzene rings is 1. The van der Waals surface area contributed by atoms with Crippen LogP contribution in [0.2, 0.25) is 0 Å². The third-order valence-corrected chi connectivity index (χ3v) is 5.05. The molecule has 0 amide bonds. The normalized spacial score (nSPS) is 23.9. The van der Waals surface area contributed by atoms with Crippen LogP contribution in [0.5, 0.6) is 5.75 Å². The standard InChI is InChI=1S/C14H22N2O3S/c1-4-19-12-5-7-13(8-6-12)20(17,18)15-14-10-16(3)9-11(14)2/h5-8,11,14-15H,4,9-10H2,1-3H3/t11-,14+/m1/s1. The van der Waals surface area contributed by atoms with E-state index in [1.165, 1.54) is 0 Å². The summed E-state index contributed by atoms with van der Waals surface area (Å²) in [5.41, 5.74) is 0. The highest BCUT2D eigenvalue weighted by molar-refractivity contribution is 7.89. The molecule has 0 saturated carbocycles. The van der Waals surface area contributed by atoms with Gasteiger partial charge < -0.3 is 9.64 Å². The SMILES string of the molecule is CCOc1ccc(S(=O)(=O)N[C@H]2CN(C)C[C@H]2C)cc1. The topological polar surface area (TPSA) is 58.6 Å². The third kappa shape index (κ3) is 3.50. The molecule has 1 saturated heterocycles. The van der Waals surface area contributed by atoms with Crippen LogP contribution in [0.25, 0.3) is 0 Å². The number of nitrogens with one attached hydrogen (secondary N) is 1. The Labute approximate surface area is 121 Å². The fourth-order valence-electron chi connectivity index (χ4n) is 2.51. The lowest BCUT2D eigenvalue weighted by Crippen LogP contribution is -2.39.